The van der Waals surface area contributed by atoms with Crippen molar-refractivity contribution < 1.29 is 13.9 Å². The number of carbonyl (C=O) groups is 1. The number of benzene rings is 1. The maximum Gasteiger partial charge on any atom is 0.362 e. The third kappa shape index (κ3) is 2.98. The minimum Gasteiger partial charge on any atom is -0.464 e. The summed E-state index contributed by atoms with van der Waals surface area (Å²) in [6, 6.07) is 2.31. The molecule has 1 aromatic heterocycles. The summed E-state index contributed by atoms with van der Waals surface area (Å²) in [5.74, 6) is -1.38. The standard InChI is InChI=1S/C13H9BrClFN2O3/c1-6-5-18(17-10(12(6)19)13(20)21-2)11-8(14)3-7(16)4-9(11)15/h3-5H,1-2H3. The highest BCUT2D eigenvalue weighted by Gasteiger charge is 2.18. The van der Waals surface area contributed by atoms with Gasteiger partial charge >= 0.3 is 5.97 Å². The molecule has 8 heteroatoms. The third-order valence-corrected chi connectivity index (χ3v) is 3.58. The second-order valence-electron chi connectivity index (χ2n) is 4.14. The summed E-state index contributed by atoms with van der Waals surface area (Å²) in [6.07, 6.45) is 1.40. The van der Waals surface area contributed by atoms with Crippen LogP contribution in [0.5, 0.6) is 0 Å². The van der Waals surface area contributed by atoms with E-state index in [1.165, 1.54) is 23.9 Å². The van der Waals surface area contributed by atoms with Crippen molar-refractivity contribution in [3.63, 3.8) is 0 Å². The fraction of sp³-hybridized carbons (Fsp3) is 0.154. The van der Waals surface area contributed by atoms with Crippen LogP contribution < -0.4 is 5.43 Å². The first-order chi connectivity index (χ1) is 9.85. The Morgan fingerprint density at radius 2 is 2.14 bits per heavy atom. The average molecular weight is 376 g/mol. The average Bonchev–Trinajstić information content (AvgIpc) is 2.40. The number of rotatable bonds is 2. The van der Waals surface area contributed by atoms with Crippen LogP contribution in [0.25, 0.3) is 5.69 Å². The Bertz CT molecular complexity index is 768. The van der Waals surface area contributed by atoms with E-state index < -0.39 is 17.2 Å². The number of hydrogen-bond donors (Lipinski definition) is 0. The SMILES string of the molecule is COC(=O)c1nn(-c2c(Cl)cc(F)cc2Br)cc(C)c1=O. The Kier molecular flexibility index (Phi) is 4.43. The molecule has 0 aliphatic carbocycles. The lowest BCUT2D eigenvalue weighted by atomic mass is 10.2. The molecule has 0 fully saturated rings. The Labute approximate surface area is 132 Å². The molecular weight excluding hydrogens is 367 g/mol. The van der Waals surface area contributed by atoms with Gasteiger partial charge in [0.2, 0.25) is 11.1 Å². The second-order valence-corrected chi connectivity index (χ2v) is 5.41. The number of hydrogen-bond acceptors (Lipinski definition) is 4. The lowest BCUT2D eigenvalue weighted by Gasteiger charge is -2.12. The van der Waals surface area contributed by atoms with Crippen molar-refractivity contribution in [2.45, 2.75) is 6.92 Å². The van der Waals surface area contributed by atoms with Crippen molar-refractivity contribution in [2.24, 2.45) is 0 Å². The van der Waals surface area contributed by atoms with Gasteiger partial charge in [0.25, 0.3) is 0 Å². The first-order valence-electron chi connectivity index (χ1n) is 5.69. The van der Waals surface area contributed by atoms with Crippen molar-refractivity contribution in [2.75, 3.05) is 7.11 Å². The number of carbonyl (C=O) groups excluding carboxylic acids is 1. The molecule has 0 spiro atoms. The highest BCUT2D eigenvalue weighted by Crippen LogP contribution is 2.29. The van der Waals surface area contributed by atoms with Gasteiger partial charge in [-0.15, -0.1) is 0 Å². The van der Waals surface area contributed by atoms with Crippen LogP contribution in [0.15, 0.2) is 27.6 Å². The van der Waals surface area contributed by atoms with Crippen LogP contribution in [0.1, 0.15) is 16.1 Å². The number of nitrogens with zero attached hydrogens (tertiary/aromatic N) is 2. The number of esters is 1. The minimum atomic E-state index is -0.855. The van der Waals surface area contributed by atoms with Gasteiger partial charge in [0.1, 0.15) is 5.82 Å². The van der Waals surface area contributed by atoms with Crippen LogP contribution in [-0.2, 0) is 4.74 Å². The van der Waals surface area contributed by atoms with Crippen LogP contribution >= 0.6 is 27.5 Å². The summed E-state index contributed by atoms with van der Waals surface area (Å²) in [5.41, 5.74) is -0.318. The molecule has 0 saturated heterocycles. The quantitative estimate of drug-likeness (QED) is 0.757. The molecule has 1 aromatic carbocycles. The molecule has 0 radical (unpaired) electrons. The number of aromatic nitrogens is 2. The maximum absolute atomic E-state index is 13.3. The number of methoxy groups -OCH3 is 1. The van der Waals surface area contributed by atoms with Gasteiger partial charge in [0, 0.05) is 16.2 Å². The van der Waals surface area contributed by atoms with Crippen molar-refractivity contribution >= 4 is 33.5 Å². The minimum absolute atomic E-state index is 0.0771. The van der Waals surface area contributed by atoms with Gasteiger partial charge in [-0.3, -0.25) is 4.79 Å². The smallest absolute Gasteiger partial charge is 0.362 e. The zero-order valence-electron chi connectivity index (χ0n) is 11.0. The molecule has 0 unspecified atom stereocenters. The molecule has 0 N–H and O–H groups in total. The van der Waals surface area contributed by atoms with Gasteiger partial charge in [-0.2, -0.15) is 5.10 Å². The molecular formula is C13H9BrClFN2O3. The molecule has 21 heavy (non-hydrogen) atoms. The predicted octanol–water partition coefficient (Wildman–Crippen LogP) is 2.88. The maximum atomic E-state index is 13.3. The van der Waals surface area contributed by atoms with Crippen molar-refractivity contribution in [1.29, 1.82) is 0 Å². The first-order valence-corrected chi connectivity index (χ1v) is 6.86. The topological polar surface area (TPSA) is 61.2 Å². The number of halogens is 3. The van der Waals surface area contributed by atoms with E-state index in [9.17, 15) is 14.0 Å². The predicted molar refractivity (Wildman–Crippen MR) is 78.6 cm³/mol. The van der Waals surface area contributed by atoms with E-state index in [2.05, 4.69) is 25.8 Å². The van der Waals surface area contributed by atoms with E-state index in [0.717, 1.165) is 13.2 Å². The van der Waals surface area contributed by atoms with E-state index in [4.69, 9.17) is 11.6 Å². The van der Waals surface area contributed by atoms with Crippen LogP contribution in [0.3, 0.4) is 0 Å². The van der Waals surface area contributed by atoms with E-state index in [1.54, 1.807) is 0 Å². The Morgan fingerprint density at radius 1 is 1.48 bits per heavy atom. The molecule has 5 nitrogen and oxygen atoms in total. The van der Waals surface area contributed by atoms with Crippen molar-refractivity contribution in [1.82, 2.24) is 9.78 Å². The lowest BCUT2D eigenvalue weighted by Crippen LogP contribution is -2.24. The van der Waals surface area contributed by atoms with E-state index >= 15 is 0 Å². The fourth-order valence-electron chi connectivity index (χ4n) is 1.71. The van der Waals surface area contributed by atoms with Crippen molar-refractivity contribution in [3.8, 4) is 5.69 Å². The largest absolute Gasteiger partial charge is 0.464 e. The highest BCUT2D eigenvalue weighted by atomic mass is 79.9. The lowest BCUT2D eigenvalue weighted by molar-refractivity contribution is 0.0590. The molecule has 0 aliphatic heterocycles. The molecule has 0 aliphatic rings. The molecule has 110 valence electrons. The molecule has 2 aromatic rings. The first kappa shape index (κ1) is 15.7. The summed E-state index contributed by atoms with van der Waals surface area (Å²) in [5, 5.41) is 4.00. The molecule has 1 heterocycles. The Morgan fingerprint density at radius 3 is 2.71 bits per heavy atom. The van der Waals surface area contributed by atoms with Crippen LogP contribution in [0.2, 0.25) is 5.02 Å². The number of ether oxygens (including phenoxy) is 1. The van der Waals surface area contributed by atoms with E-state index in [1.807, 2.05) is 0 Å². The third-order valence-electron chi connectivity index (χ3n) is 2.69. The van der Waals surface area contributed by atoms with Crippen molar-refractivity contribution in [3.05, 3.63) is 55.1 Å². The summed E-state index contributed by atoms with van der Waals surface area (Å²) in [6.45, 7) is 1.53. The molecule has 0 bridgehead atoms. The molecule has 0 saturated carbocycles. The van der Waals surface area contributed by atoms with Gasteiger partial charge in [0.15, 0.2) is 0 Å². The highest BCUT2D eigenvalue weighted by molar-refractivity contribution is 9.10. The van der Waals surface area contributed by atoms with Gasteiger partial charge < -0.3 is 4.74 Å². The van der Waals surface area contributed by atoms with Crippen LogP contribution in [0.4, 0.5) is 4.39 Å². The summed E-state index contributed by atoms with van der Waals surface area (Å²) < 4.78 is 19.3. The van der Waals surface area contributed by atoms with Crippen LogP contribution in [-0.4, -0.2) is 22.9 Å². The molecule has 2 rings (SSSR count). The zero-order chi connectivity index (χ0) is 15.7. The summed E-state index contributed by atoms with van der Waals surface area (Å²) in [4.78, 5) is 23.5. The molecule has 0 amide bonds. The summed E-state index contributed by atoms with van der Waals surface area (Å²) in [7, 11) is 1.15. The zero-order valence-corrected chi connectivity index (χ0v) is 13.3. The fourth-order valence-corrected chi connectivity index (χ4v) is 2.73. The Hall–Kier alpha value is -1.73. The number of aryl methyl sites for hydroxylation is 1. The summed E-state index contributed by atoms with van der Waals surface area (Å²) >= 11 is 9.18. The van der Waals surface area contributed by atoms with Gasteiger partial charge in [0.05, 0.1) is 17.8 Å². The second kappa shape index (κ2) is 5.95. The van der Waals surface area contributed by atoms with Gasteiger partial charge in [-0.25, -0.2) is 13.9 Å². The Balaban J connectivity index is 2.74. The van der Waals surface area contributed by atoms with E-state index in [-0.39, 0.29) is 16.3 Å². The van der Waals surface area contributed by atoms with E-state index in [0.29, 0.717) is 10.2 Å². The molecule has 0 atom stereocenters. The monoisotopic (exact) mass is 374 g/mol. The van der Waals surface area contributed by atoms with Crippen LogP contribution in [0, 0.1) is 12.7 Å². The van der Waals surface area contributed by atoms with Gasteiger partial charge in [-0.1, -0.05) is 11.6 Å². The normalized spacial score (nSPS) is 10.5. The van der Waals surface area contributed by atoms with Gasteiger partial charge in [-0.05, 0) is 35.0 Å².